The van der Waals surface area contributed by atoms with Gasteiger partial charge in [0.05, 0.1) is 25.4 Å². The third kappa shape index (κ3) is 5.82. The van der Waals surface area contributed by atoms with Crippen molar-refractivity contribution in [2.24, 2.45) is 0 Å². The fourth-order valence-corrected chi connectivity index (χ4v) is 2.77. The molecule has 0 aliphatic carbocycles. The van der Waals surface area contributed by atoms with E-state index in [0.29, 0.717) is 36.3 Å². The quantitative estimate of drug-likeness (QED) is 0.576. The van der Waals surface area contributed by atoms with E-state index >= 15 is 0 Å². The lowest BCUT2D eigenvalue weighted by Crippen LogP contribution is -2.46. The molecule has 1 heterocycles. The second kappa shape index (κ2) is 9.72. The number of anilines is 1. The number of hydrogen-bond donors (Lipinski definition) is 4. The van der Waals surface area contributed by atoms with Crippen LogP contribution in [0.4, 0.5) is 5.69 Å². The average Bonchev–Trinajstić information content (AvgIpc) is 2.66. The van der Waals surface area contributed by atoms with Crippen LogP contribution in [-0.2, 0) is 14.4 Å². The highest BCUT2D eigenvalue weighted by molar-refractivity contribution is 5.99. The minimum absolute atomic E-state index is 0.219. The van der Waals surface area contributed by atoms with Crippen molar-refractivity contribution in [3.63, 3.8) is 0 Å². The Balaban J connectivity index is 2.31. The molecule has 1 aliphatic rings. The SMILES string of the molecule is C=CC1NC(=O)CNC(=O)CCCCC(O)c2ccc(OC)cc2NC1=O. The first-order chi connectivity index (χ1) is 12.9. The summed E-state index contributed by atoms with van der Waals surface area (Å²) >= 11 is 0. The van der Waals surface area contributed by atoms with Crippen LogP contribution < -0.4 is 20.7 Å². The zero-order valence-corrected chi connectivity index (χ0v) is 15.3. The molecule has 8 heteroatoms. The van der Waals surface area contributed by atoms with Crippen molar-refractivity contribution in [2.45, 2.75) is 37.8 Å². The van der Waals surface area contributed by atoms with E-state index < -0.39 is 24.0 Å². The van der Waals surface area contributed by atoms with Crippen molar-refractivity contribution < 1.29 is 24.2 Å². The first-order valence-corrected chi connectivity index (χ1v) is 8.80. The highest BCUT2D eigenvalue weighted by Crippen LogP contribution is 2.30. The molecule has 2 atom stereocenters. The normalized spacial score (nSPS) is 22.2. The van der Waals surface area contributed by atoms with Gasteiger partial charge in [0.25, 0.3) is 5.91 Å². The van der Waals surface area contributed by atoms with Crippen LogP contribution in [0.2, 0.25) is 0 Å². The molecule has 0 fully saturated rings. The van der Waals surface area contributed by atoms with E-state index in [4.69, 9.17) is 4.74 Å². The highest BCUT2D eigenvalue weighted by atomic mass is 16.5. The van der Waals surface area contributed by atoms with E-state index in [1.807, 2.05) is 0 Å². The molecule has 27 heavy (non-hydrogen) atoms. The minimum Gasteiger partial charge on any atom is -0.497 e. The summed E-state index contributed by atoms with van der Waals surface area (Å²) in [6, 6.07) is 4.01. The highest BCUT2D eigenvalue weighted by Gasteiger charge is 2.21. The number of fused-ring (bicyclic) bond motifs is 1. The lowest BCUT2D eigenvalue weighted by atomic mass is 10.0. The molecule has 2 unspecified atom stereocenters. The van der Waals surface area contributed by atoms with Crippen LogP contribution in [0.15, 0.2) is 30.9 Å². The maximum atomic E-state index is 12.6. The Labute approximate surface area is 158 Å². The summed E-state index contributed by atoms with van der Waals surface area (Å²) in [6.45, 7) is 3.35. The Hall–Kier alpha value is -2.87. The molecule has 146 valence electrons. The van der Waals surface area contributed by atoms with Crippen molar-refractivity contribution >= 4 is 23.4 Å². The summed E-state index contributed by atoms with van der Waals surface area (Å²) in [4.78, 5) is 36.3. The molecule has 1 aromatic rings. The molecule has 8 nitrogen and oxygen atoms in total. The summed E-state index contributed by atoms with van der Waals surface area (Å²) in [5, 5.41) is 18.2. The van der Waals surface area contributed by atoms with Gasteiger partial charge in [-0.25, -0.2) is 0 Å². The summed E-state index contributed by atoms with van der Waals surface area (Å²) in [5.41, 5.74) is 0.939. The van der Waals surface area contributed by atoms with Crippen LogP contribution >= 0.6 is 0 Å². The molecular weight excluding hydrogens is 350 g/mol. The van der Waals surface area contributed by atoms with E-state index in [9.17, 15) is 19.5 Å². The molecular formula is C19H25N3O5. The fourth-order valence-electron chi connectivity index (χ4n) is 2.77. The lowest BCUT2D eigenvalue weighted by molar-refractivity contribution is -0.127. The Morgan fingerprint density at radius 2 is 2.00 bits per heavy atom. The van der Waals surface area contributed by atoms with Gasteiger partial charge in [0.2, 0.25) is 11.8 Å². The molecule has 3 amide bonds. The van der Waals surface area contributed by atoms with Gasteiger partial charge in [-0.3, -0.25) is 14.4 Å². The molecule has 1 aromatic carbocycles. The number of ether oxygens (including phenoxy) is 1. The van der Waals surface area contributed by atoms with E-state index in [1.165, 1.54) is 13.2 Å². The molecule has 0 radical (unpaired) electrons. The van der Waals surface area contributed by atoms with Crippen LogP contribution in [0.25, 0.3) is 0 Å². The predicted octanol–water partition coefficient (Wildman–Crippen LogP) is 1.03. The van der Waals surface area contributed by atoms with Gasteiger partial charge in [0, 0.05) is 18.1 Å². The maximum Gasteiger partial charge on any atom is 0.250 e. The minimum atomic E-state index is -0.990. The van der Waals surface area contributed by atoms with Crippen molar-refractivity contribution in [3.8, 4) is 5.75 Å². The number of carbonyl (C=O) groups excluding carboxylic acids is 3. The van der Waals surface area contributed by atoms with Gasteiger partial charge >= 0.3 is 0 Å². The third-order valence-electron chi connectivity index (χ3n) is 4.29. The monoisotopic (exact) mass is 375 g/mol. The fraction of sp³-hybridized carbons (Fsp3) is 0.421. The van der Waals surface area contributed by atoms with Gasteiger partial charge in [-0.1, -0.05) is 18.6 Å². The van der Waals surface area contributed by atoms with Gasteiger partial charge in [0.15, 0.2) is 0 Å². The molecule has 0 spiro atoms. The molecule has 4 N–H and O–H groups in total. The summed E-state index contributed by atoms with van der Waals surface area (Å²) in [5.74, 6) is -0.738. The Kier molecular flexibility index (Phi) is 7.36. The second-order valence-corrected chi connectivity index (χ2v) is 6.26. The number of rotatable bonds is 2. The number of methoxy groups -OCH3 is 1. The zero-order valence-electron chi connectivity index (χ0n) is 15.3. The van der Waals surface area contributed by atoms with Crippen LogP contribution in [0, 0.1) is 0 Å². The lowest BCUT2D eigenvalue weighted by Gasteiger charge is -2.19. The van der Waals surface area contributed by atoms with Crippen molar-refractivity contribution in [3.05, 3.63) is 36.4 Å². The van der Waals surface area contributed by atoms with Crippen molar-refractivity contribution in [1.29, 1.82) is 0 Å². The number of aliphatic hydroxyl groups is 1. The number of amides is 3. The molecule has 0 saturated heterocycles. The Bertz CT molecular complexity index is 719. The largest absolute Gasteiger partial charge is 0.497 e. The van der Waals surface area contributed by atoms with E-state index in [-0.39, 0.29) is 18.9 Å². The number of carbonyl (C=O) groups is 3. The molecule has 0 bridgehead atoms. The first kappa shape index (κ1) is 20.4. The van der Waals surface area contributed by atoms with E-state index in [2.05, 4.69) is 22.5 Å². The second-order valence-electron chi connectivity index (χ2n) is 6.26. The van der Waals surface area contributed by atoms with Gasteiger partial charge in [0.1, 0.15) is 11.8 Å². The molecule has 2 rings (SSSR count). The summed E-state index contributed by atoms with van der Waals surface area (Å²) < 4.78 is 5.19. The maximum absolute atomic E-state index is 12.6. The molecule has 0 saturated carbocycles. The van der Waals surface area contributed by atoms with Crippen LogP contribution in [0.3, 0.4) is 0 Å². The van der Waals surface area contributed by atoms with Gasteiger partial charge in [-0.05, 0) is 18.9 Å². The van der Waals surface area contributed by atoms with Crippen molar-refractivity contribution in [2.75, 3.05) is 19.0 Å². The van der Waals surface area contributed by atoms with Crippen LogP contribution in [0.1, 0.15) is 37.4 Å². The Morgan fingerprint density at radius 1 is 1.22 bits per heavy atom. The van der Waals surface area contributed by atoms with E-state index in [1.54, 1.807) is 18.2 Å². The Morgan fingerprint density at radius 3 is 2.70 bits per heavy atom. The van der Waals surface area contributed by atoms with Gasteiger partial charge in [-0.15, -0.1) is 6.58 Å². The van der Waals surface area contributed by atoms with E-state index in [0.717, 1.165) is 0 Å². The predicted molar refractivity (Wildman–Crippen MR) is 100 cm³/mol. The smallest absolute Gasteiger partial charge is 0.250 e. The summed E-state index contributed by atoms with van der Waals surface area (Å²) in [6.07, 6.45) is 2.38. The van der Waals surface area contributed by atoms with Gasteiger partial charge in [-0.2, -0.15) is 0 Å². The average molecular weight is 375 g/mol. The number of hydrogen-bond acceptors (Lipinski definition) is 5. The third-order valence-corrected chi connectivity index (χ3v) is 4.29. The van der Waals surface area contributed by atoms with Crippen LogP contribution in [-0.4, -0.2) is 42.5 Å². The van der Waals surface area contributed by atoms with Crippen LogP contribution in [0.5, 0.6) is 5.75 Å². The number of benzene rings is 1. The van der Waals surface area contributed by atoms with Gasteiger partial charge < -0.3 is 25.8 Å². The first-order valence-electron chi connectivity index (χ1n) is 8.80. The number of nitrogens with one attached hydrogen (secondary N) is 3. The topological polar surface area (TPSA) is 117 Å². The zero-order chi connectivity index (χ0) is 19.8. The summed E-state index contributed by atoms with van der Waals surface area (Å²) in [7, 11) is 1.50. The molecule has 1 aliphatic heterocycles. The molecule has 0 aromatic heterocycles. The number of aliphatic hydroxyl groups excluding tert-OH is 1. The standard InChI is InChI=1S/C19H25N3O5/c1-3-14-19(26)22-15-10-12(27-2)8-9-13(15)16(23)6-4-5-7-17(24)20-11-18(25)21-14/h3,8-10,14,16,23H,1,4-7,11H2,2H3,(H,20,24)(H,21,25)(H,22,26). The van der Waals surface area contributed by atoms with Crippen molar-refractivity contribution in [1.82, 2.24) is 10.6 Å².